The van der Waals surface area contributed by atoms with E-state index in [2.05, 4.69) is 18.8 Å². The molecule has 1 rings (SSSR count). The zero-order valence-electron chi connectivity index (χ0n) is 13.7. The quantitative estimate of drug-likeness (QED) is 0.786. The van der Waals surface area contributed by atoms with Gasteiger partial charge in [-0.25, -0.2) is 4.79 Å². The zero-order valence-corrected chi connectivity index (χ0v) is 13.7. The molecule has 0 aromatic carbocycles. The number of carbonyl (C=O) groups excluding carboxylic acids is 2. The number of rotatable bonds is 7. The highest BCUT2D eigenvalue weighted by Gasteiger charge is 2.25. The van der Waals surface area contributed by atoms with Gasteiger partial charge in [-0.05, 0) is 31.7 Å². The van der Waals surface area contributed by atoms with Gasteiger partial charge in [0.05, 0.1) is 12.7 Å². The van der Waals surface area contributed by atoms with Crippen LogP contribution in [0.1, 0.15) is 65.7 Å². The molecule has 118 valence electrons. The van der Waals surface area contributed by atoms with E-state index in [9.17, 15) is 9.59 Å². The van der Waals surface area contributed by atoms with Gasteiger partial charge in [-0.15, -0.1) is 0 Å². The van der Waals surface area contributed by atoms with E-state index >= 15 is 0 Å². The van der Waals surface area contributed by atoms with Gasteiger partial charge in [-0.1, -0.05) is 20.8 Å². The minimum atomic E-state index is -0.391. The molecule has 0 aliphatic carbocycles. The molecule has 0 atom stereocenters. The predicted octanol–water partition coefficient (Wildman–Crippen LogP) is 2.93. The second-order valence-corrected chi connectivity index (χ2v) is 5.12. The molecule has 1 amide bonds. The zero-order chi connectivity index (χ0) is 16.0. The molecule has 1 aromatic heterocycles. The Hall–Kier alpha value is -1.78. The number of nitrogens with one attached hydrogen (secondary N) is 1. The van der Waals surface area contributed by atoms with Gasteiger partial charge in [-0.3, -0.25) is 4.79 Å². The van der Waals surface area contributed by atoms with Crippen molar-refractivity contribution in [3.63, 3.8) is 0 Å². The normalized spacial score (nSPS) is 10.5. The first-order valence-electron chi connectivity index (χ1n) is 7.60. The summed E-state index contributed by atoms with van der Waals surface area (Å²) in [4.78, 5) is 29.5. The van der Waals surface area contributed by atoms with Crippen LogP contribution in [-0.4, -0.2) is 42.0 Å². The van der Waals surface area contributed by atoms with Crippen molar-refractivity contribution in [1.82, 2.24) is 9.88 Å². The van der Waals surface area contributed by atoms with E-state index in [1.54, 1.807) is 6.92 Å². The van der Waals surface area contributed by atoms with Crippen molar-refractivity contribution >= 4 is 11.9 Å². The van der Waals surface area contributed by atoms with Crippen LogP contribution in [0.5, 0.6) is 0 Å². The molecule has 0 aliphatic rings. The highest BCUT2D eigenvalue weighted by molar-refractivity contribution is 6.00. The third kappa shape index (κ3) is 3.65. The molecule has 0 unspecified atom stereocenters. The third-order valence-corrected chi connectivity index (χ3v) is 3.56. The molecule has 0 radical (unpaired) electrons. The van der Waals surface area contributed by atoms with Gasteiger partial charge < -0.3 is 14.6 Å². The standard InChI is InChI=1S/C16H26N2O3/c1-6-9-18(10-7-2)15(19)14-11(4)13(16(20)21-5)12(8-3)17-14/h17H,6-10H2,1-5H3. The Labute approximate surface area is 126 Å². The van der Waals surface area contributed by atoms with Gasteiger partial charge in [0.2, 0.25) is 0 Å². The first kappa shape index (κ1) is 17.3. The maximum Gasteiger partial charge on any atom is 0.339 e. The van der Waals surface area contributed by atoms with Crippen LogP contribution in [0, 0.1) is 6.92 Å². The van der Waals surface area contributed by atoms with Gasteiger partial charge >= 0.3 is 5.97 Å². The maximum atomic E-state index is 12.7. The number of amides is 1. The van der Waals surface area contributed by atoms with Crippen molar-refractivity contribution in [3.8, 4) is 0 Å². The Bertz CT molecular complexity index is 500. The molecule has 5 heteroatoms. The summed E-state index contributed by atoms with van der Waals surface area (Å²) in [6.07, 6.45) is 2.48. The fourth-order valence-corrected chi connectivity index (χ4v) is 2.53. The van der Waals surface area contributed by atoms with E-state index in [1.807, 2.05) is 11.8 Å². The average molecular weight is 294 g/mol. The highest BCUT2D eigenvalue weighted by atomic mass is 16.5. The largest absolute Gasteiger partial charge is 0.465 e. The van der Waals surface area contributed by atoms with Gasteiger partial charge in [0, 0.05) is 18.8 Å². The SMILES string of the molecule is CCCN(CCC)C(=O)c1[nH]c(CC)c(C(=O)OC)c1C. The molecular weight excluding hydrogens is 268 g/mol. The summed E-state index contributed by atoms with van der Waals surface area (Å²) < 4.78 is 4.82. The van der Waals surface area contributed by atoms with Crippen LogP contribution in [0.2, 0.25) is 0 Å². The summed E-state index contributed by atoms with van der Waals surface area (Å²) in [6, 6.07) is 0. The number of carbonyl (C=O) groups is 2. The molecule has 0 fully saturated rings. The smallest absolute Gasteiger partial charge is 0.339 e. The van der Waals surface area contributed by atoms with E-state index in [0.29, 0.717) is 23.2 Å². The van der Waals surface area contributed by atoms with Crippen molar-refractivity contribution in [2.45, 2.75) is 47.0 Å². The van der Waals surface area contributed by atoms with Crippen molar-refractivity contribution < 1.29 is 14.3 Å². The minimum Gasteiger partial charge on any atom is -0.465 e. The van der Waals surface area contributed by atoms with Crippen LogP contribution in [-0.2, 0) is 11.2 Å². The number of aromatic amines is 1. The molecule has 1 heterocycles. The minimum absolute atomic E-state index is 0.0407. The number of H-pyrrole nitrogens is 1. The predicted molar refractivity (Wildman–Crippen MR) is 82.7 cm³/mol. The summed E-state index contributed by atoms with van der Waals surface area (Å²) in [5, 5.41) is 0. The van der Waals surface area contributed by atoms with Crippen LogP contribution in [0.25, 0.3) is 0 Å². The number of aryl methyl sites for hydroxylation is 1. The molecule has 0 spiro atoms. The summed E-state index contributed by atoms with van der Waals surface area (Å²) in [7, 11) is 1.36. The Kier molecular flexibility index (Phi) is 6.46. The van der Waals surface area contributed by atoms with E-state index in [1.165, 1.54) is 7.11 Å². The van der Waals surface area contributed by atoms with E-state index in [-0.39, 0.29) is 5.91 Å². The first-order chi connectivity index (χ1) is 10.0. The maximum absolute atomic E-state index is 12.7. The third-order valence-electron chi connectivity index (χ3n) is 3.56. The number of esters is 1. The lowest BCUT2D eigenvalue weighted by molar-refractivity contribution is 0.0599. The molecule has 0 aliphatic heterocycles. The monoisotopic (exact) mass is 294 g/mol. The van der Waals surface area contributed by atoms with Crippen molar-refractivity contribution in [2.24, 2.45) is 0 Å². The topological polar surface area (TPSA) is 62.4 Å². The van der Waals surface area contributed by atoms with Gasteiger partial charge in [-0.2, -0.15) is 0 Å². The Morgan fingerprint density at radius 3 is 2.14 bits per heavy atom. The molecule has 5 nitrogen and oxygen atoms in total. The lowest BCUT2D eigenvalue weighted by Gasteiger charge is -2.21. The van der Waals surface area contributed by atoms with Crippen LogP contribution >= 0.6 is 0 Å². The summed E-state index contributed by atoms with van der Waals surface area (Å²) in [6.45, 7) is 9.29. The lowest BCUT2D eigenvalue weighted by atomic mass is 10.1. The number of methoxy groups -OCH3 is 1. The molecular formula is C16H26N2O3. The van der Waals surface area contributed by atoms with Crippen LogP contribution in [0.3, 0.4) is 0 Å². The van der Waals surface area contributed by atoms with Crippen LogP contribution in [0.4, 0.5) is 0 Å². The van der Waals surface area contributed by atoms with Crippen LogP contribution < -0.4 is 0 Å². The molecule has 0 saturated carbocycles. The Morgan fingerprint density at radius 2 is 1.71 bits per heavy atom. The molecule has 21 heavy (non-hydrogen) atoms. The fraction of sp³-hybridized carbons (Fsp3) is 0.625. The molecule has 0 bridgehead atoms. The van der Waals surface area contributed by atoms with Crippen molar-refractivity contribution in [1.29, 1.82) is 0 Å². The number of ether oxygens (including phenoxy) is 1. The second kappa shape index (κ2) is 7.86. The number of hydrogen-bond acceptors (Lipinski definition) is 3. The van der Waals surface area contributed by atoms with E-state index < -0.39 is 5.97 Å². The number of hydrogen-bond donors (Lipinski definition) is 1. The number of aromatic nitrogens is 1. The van der Waals surface area contributed by atoms with Gasteiger partial charge in [0.25, 0.3) is 5.91 Å². The van der Waals surface area contributed by atoms with Gasteiger partial charge in [0.1, 0.15) is 5.69 Å². The van der Waals surface area contributed by atoms with Crippen molar-refractivity contribution in [2.75, 3.05) is 20.2 Å². The van der Waals surface area contributed by atoms with Crippen LogP contribution in [0.15, 0.2) is 0 Å². The summed E-state index contributed by atoms with van der Waals surface area (Å²) in [5.41, 5.74) is 2.45. The Morgan fingerprint density at radius 1 is 1.14 bits per heavy atom. The lowest BCUT2D eigenvalue weighted by Crippen LogP contribution is -2.33. The van der Waals surface area contributed by atoms with Crippen molar-refractivity contribution in [3.05, 3.63) is 22.5 Å². The average Bonchev–Trinajstić information content (AvgIpc) is 2.82. The number of nitrogens with zero attached hydrogens (tertiary/aromatic N) is 1. The highest BCUT2D eigenvalue weighted by Crippen LogP contribution is 2.21. The Balaban J connectivity index is 3.20. The van der Waals surface area contributed by atoms with Gasteiger partial charge in [0.15, 0.2) is 0 Å². The molecule has 0 saturated heterocycles. The molecule has 1 N–H and O–H groups in total. The summed E-state index contributed by atoms with van der Waals surface area (Å²) in [5.74, 6) is -0.432. The fourth-order valence-electron chi connectivity index (χ4n) is 2.53. The first-order valence-corrected chi connectivity index (χ1v) is 7.60. The van der Waals surface area contributed by atoms with E-state index in [4.69, 9.17) is 4.74 Å². The molecule has 1 aromatic rings. The van der Waals surface area contributed by atoms with E-state index in [0.717, 1.165) is 31.6 Å². The summed E-state index contributed by atoms with van der Waals surface area (Å²) >= 11 is 0. The second-order valence-electron chi connectivity index (χ2n) is 5.12.